The first-order valence-corrected chi connectivity index (χ1v) is 9.17. The van der Waals surface area contributed by atoms with Crippen molar-refractivity contribution in [1.82, 2.24) is 0 Å². The minimum absolute atomic E-state index is 0.121. The van der Waals surface area contributed by atoms with Gasteiger partial charge in [-0.3, -0.25) is 5.32 Å². The van der Waals surface area contributed by atoms with E-state index in [9.17, 15) is 9.59 Å². The van der Waals surface area contributed by atoms with E-state index >= 15 is 0 Å². The first kappa shape index (κ1) is 20.2. The molecular formula is C22H18ClNO5. The van der Waals surface area contributed by atoms with Crippen molar-refractivity contribution in [2.75, 3.05) is 18.5 Å². The Labute approximate surface area is 173 Å². The van der Waals surface area contributed by atoms with Gasteiger partial charge in [0.05, 0.1) is 5.56 Å². The molecule has 6 nitrogen and oxygen atoms in total. The van der Waals surface area contributed by atoms with Crippen LogP contribution >= 0.6 is 11.6 Å². The monoisotopic (exact) mass is 411 g/mol. The number of amides is 1. The van der Waals surface area contributed by atoms with Crippen LogP contribution in [0.4, 0.5) is 10.5 Å². The molecule has 0 saturated carbocycles. The summed E-state index contributed by atoms with van der Waals surface area (Å²) in [6.45, 7) is 0.372. The summed E-state index contributed by atoms with van der Waals surface area (Å²) in [5.41, 5.74) is 0.896. The van der Waals surface area contributed by atoms with Crippen molar-refractivity contribution in [3.8, 4) is 11.5 Å². The zero-order valence-electron chi connectivity index (χ0n) is 15.3. The van der Waals surface area contributed by atoms with Gasteiger partial charge in [-0.2, -0.15) is 0 Å². The molecule has 3 aromatic rings. The number of hydrogen-bond acceptors (Lipinski definition) is 5. The predicted octanol–water partition coefficient (Wildman–Crippen LogP) is 5.19. The molecule has 0 fully saturated rings. The standard InChI is InChI=1S/C22H18ClNO5/c23-17-8-10-18(11-9-17)24-22(26)29-20-12-6-16(7-13-20)21(25)28-15-14-27-19-4-2-1-3-5-19/h1-13H,14-15H2,(H,24,26). The van der Waals surface area contributed by atoms with Gasteiger partial charge in [-0.15, -0.1) is 0 Å². The first-order chi connectivity index (χ1) is 14.1. The summed E-state index contributed by atoms with van der Waals surface area (Å²) >= 11 is 5.80. The summed E-state index contributed by atoms with van der Waals surface area (Å²) in [5, 5.41) is 3.15. The third kappa shape index (κ3) is 6.55. The molecule has 3 aromatic carbocycles. The fourth-order valence-corrected chi connectivity index (χ4v) is 2.46. The Bertz CT molecular complexity index is 943. The average Bonchev–Trinajstić information content (AvgIpc) is 2.74. The van der Waals surface area contributed by atoms with Crippen molar-refractivity contribution in [1.29, 1.82) is 0 Å². The molecular weight excluding hydrogens is 394 g/mol. The summed E-state index contributed by atoms with van der Waals surface area (Å²) in [6.07, 6.45) is -0.652. The van der Waals surface area contributed by atoms with Gasteiger partial charge in [0, 0.05) is 10.7 Å². The van der Waals surface area contributed by atoms with Crippen LogP contribution in [0.2, 0.25) is 5.02 Å². The number of hydrogen-bond donors (Lipinski definition) is 1. The normalized spacial score (nSPS) is 10.1. The van der Waals surface area contributed by atoms with E-state index in [2.05, 4.69) is 5.32 Å². The molecule has 148 valence electrons. The highest BCUT2D eigenvalue weighted by molar-refractivity contribution is 6.30. The SMILES string of the molecule is O=C(Nc1ccc(Cl)cc1)Oc1ccc(C(=O)OCCOc2ccccc2)cc1. The molecule has 0 saturated heterocycles. The smallest absolute Gasteiger partial charge is 0.417 e. The highest BCUT2D eigenvalue weighted by atomic mass is 35.5. The topological polar surface area (TPSA) is 73.9 Å². The zero-order chi connectivity index (χ0) is 20.5. The average molecular weight is 412 g/mol. The second kappa shape index (κ2) is 10.1. The molecule has 1 N–H and O–H groups in total. The minimum atomic E-state index is -0.652. The van der Waals surface area contributed by atoms with Crippen LogP contribution in [-0.4, -0.2) is 25.3 Å². The van der Waals surface area contributed by atoms with E-state index in [-0.39, 0.29) is 13.2 Å². The molecule has 0 bridgehead atoms. The third-order valence-corrected chi connectivity index (χ3v) is 3.97. The lowest BCUT2D eigenvalue weighted by Gasteiger charge is -2.09. The van der Waals surface area contributed by atoms with Crippen molar-refractivity contribution in [3.05, 3.63) is 89.4 Å². The predicted molar refractivity (Wildman–Crippen MR) is 110 cm³/mol. The highest BCUT2D eigenvalue weighted by Gasteiger charge is 2.09. The van der Waals surface area contributed by atoms with Crippen molar-refractivity contribution in [2.24, 2.45) is 0 Å². The Morgan fingerprint density at radius 2 is 1.48 bits per heavy atom. The maximum Gasteiger partial charge on any atom is 0.417 e. The number of para-hydroxylation sites is 1. The fraction of sp³-hybridized carbons (Fsp3) is 0.0909. The number of nitrogens with one attached hydrogen (secondary N) is 1. The van der Waals surface area contributed by atoms with Crippen LogP contribution in [0.5, 0.6) is 11.5 Å². The number of anilines is 1. The van der Waals surface area contributed by atoms with Gasteiger partial charge in [0.25, 0.3) is 0 Å². The van der Waals surface area contributed by atoms with E-state index in [1.165, 1.54) is 24.3 Å². The van der Waals surface area contributed by atoms with Crippen LogP contribution < -0.4 is 14.8 Å². The largest absolute Gasteiger partial charge is 0.490 e. The van der Waals surface area contributed by atoms with Gasteiger partial charge in [-0.1, -0.05) is 29.8 Å². The molecule has 0 aliphatic heterocycles. The molecule has 0 spiro atoms. The lowest BCUT2D eigenvalue weighted by Crippen LogP contribution is -2.16. The first-order valence-electron chi connectivity index (χ1n) is 8.79. The molecule has 3 rings (SSSR count). The van der Waals surface area contributed by atoms with Crippen LogP contribution in [0.1, 0.15) is 10.4 Å². The van der Waals surface area contributed by atoms with Crippen molar-refractivity contribution in [3.63, 3.8) is 0 Å². The van der Waals surface area contributed by atoms with E-state index in [1.54, 1.807) is 24.3 Å². The van der Waals surface area contributed by atoms with E-state index in [0.717, 1.165) is 0 Å². The van der Waals surface area contributed by atoms with Gasteiger partial charge in [0.2, 0.25) is 0 Å². The second-order valence-electron chi connectivity index (χ2n) is 5.84. The number of benzene rings is 3. The Morgan fingerprint density at radius 3 is 2.17 bits per heavy atom. The van der Waals surface area contributed by atoms with Crippen molar-refractivity contribution in [2.45, 2.75) is 0 Å². The van der Waals surface area contributed by atoms with E-state index in [1.807, 2.05) is 30.3 Å². The van der Waals surface area contributed by atoms with E-state index in [0.29, 0.717) is 27.8 Å². The third-order valence-electron chi connectivity index (χ3n) is 3.72. The minimum Gasteiger partial charge on any atom is -0.490 e. The number of ether oxygens (including phenoxy) is 3. The Hall–Kier alpha value is -3.51. The second-order valence-corrected chi connectivity index (χ2v) is 6.28. The van der Waals surface area contributed by atoms with Gasteiger partial charge in [0.1, 0.15) is 24.7 Å². The van der Waals surface area contributed by atoms with Crippen LogP contribution in [0.25, 0.3) is 0 Å². The van der Waals surface area contributed by atoms with Gasteiger partial charge < -0.3 is 14.2 Å². The maximum absolute atomic E-state index is 12.0. The maximum atomic E-state index is 12.0. The molecule has 0 radical (unpaired) electrons. The molecule has 0 heterocycles. The Kier molecular flexibility index (Phi) is 7.08. The number of halogens is 1. The lowest BCUT2D eigenvalue weighted by molar-refractivity contribution is 0.0450. The number of rotatable bonds is 7. The molecule has 0 aromatic heterocycles. The van der Waals surface area contributed by atoms with Gasteiger partial charge >= 0.3 is 12.1 Å². The fourth-order valence-electron chi connectivity index (χ4n) is 2.34. The quantitative estimate of drug-likeness (QED) is 0.428. The summed E-state index contributed by atoms with van der Waals surface area (Å²) in [6, 6.07) is 21.9. The number of esters is 1. The Morgan fingerprint density at radius 1 is 0.793 bits per heavy atom. The molecule has 0 aliphatic carbocycles. The lowest BCUT2D eigenvalue weighted by atomic mass is 10.2. The Balaban J connectivity index is 1.43. The molecule has 1 amide bonds. The molecule has 0 aliphatic rings. The van der Waals surface area contributed by atoms with E-state index < -0.39 is 12.1 Å². The van der Waals surface area contributed by atoms with Crippen molar-refractivity contribution >= 4 is 29.4 Å². The molecule has 0 atom stereocenters. The number of carbonyl (C=O) groups is 2. The molecule has 7 heteroatoms. The number of carbonyl (C=O) groups excluding carboxylic acids is 2. The zero-order valence-corrected chi connectivity index (χ0v) is 16.1. The summed E-state index contributed by atoms with van der Waals surface area (Å²) in [7, 11) is 0. The summed E-state index contributed by atoms with van der Waals surface area (Å²) in [5.74, 6) is 0.515. The van der Waals surface area contributed by atoms with Crippen molar-refractivity contribution < 1.29 is 23.8 Å². The highest BCUT2D eigenvalue weighted by Crippen LogP contribution is 2.16. The summed E-state index contributed by atoms with van der Waals surface area (Å²) < 4.78 is 15.8. The van der Waals surface area contributed by atoms with Gasteiger partial charge in [0.15, 0.2) is 0 Å². The van der Waals surface area contributed by atoms with Gasteiger partial charge in [-0.05, 0) is 60.7 Å². The van der Waals surface area contributed by atoms with Crippen LogP contribution in [0.3, 0.4) is 0 Å². The van der Waals surface area contributed by atoms with Gasteiger partial charge in [-0.25, -0.2) is 9.59 Å². The van der Waals surface area contributed by atoms with Crippen LogP contribution in [0.15, 0.2) is 78.9 Å². The van der Waals surface area contributed by atoms with Crippen LogP contribution in [0, 0.1) is 0 Å². The van der Waals surface area contributed by atoms with E-state index in [4.69, 9.17) is 25.8 Å². The molecule has 29 heavy (non-hydrogen) atoms. The van der Waals surface area contributed by atoms with Crippen LogP contribution in [-0.2, 0) is 4.74 Å². The molecule has 0 unspecified atom stereocenters. The summed E-state index contributed by atoms with van der Waals surface area (Å²) in [4.78, 5) is 24.0.